The predicted octanol–water partition coefficient (Wildman–Crippen LogP) is 3.48. The molecule has 152 valence electrons. The summed E-state index contributed by atoms with van der Waals surface area (Å²) >= 11 is 0. The van der Waals surface area contributed by atoms with Crippen LogP contribution in [0.25, 0.3) is 0 Å². The number of pyridine rings is 1. The molecule has 2 aliphatic rings. The van der Waals surface area contributed by atoms with Crippen LogP contribution in [-0.4, -0.2) is 60.1 Å². The molecule has 0 amide bonds. The number of nitrogens with zero attached hydrogens (tertiary/aromatic N) is 4. The zero-order valence-electron chi connectivity index (χ0n) is 15.7. The fourth-order valence-electron chi connectivity index (χ4n) is 4.14. The van der Waals surface area contributed by atoms with Gasteiger partial charge in [-0.05, 0) is 37.1 Å². The van der Waals surface area contributed by atoms with Crippen LogP contribution in [0.4, 0.5) is 19.0 Å². The van der Waals surface area contributed by atoms with Gasteiger partial charge in [0, 0.05) is 45.3 Å². The molecule has 0 bridgehead atoms. The average molecular weight is 394 g/mol. The van der Waals surface area contributed by atoms with E-state index in [0.717, 1.165) is 57.4 Å². The standard InChI is InChI=1S/C20H25F3N4O/c21-20(22,23)18-4-1-5-19(24-18)27-12-10-26(11-13-27)16-6-8-25(9-7-16)15-17-3-2-14-28-17/h1-5,14,16H,6-13,15H2. The number of rotatable bonds is 4. The zero-order valence-corrected chi connectivity index (χ0v) is 15.7. The SMILES string of the molecule is FC(F)(F)c1cccc(N2CCN(C3CCN(Cc4ccco4)CC3)CC2)n1. The van der Waals surface area contributed by atoms with Crippen LogP contribution in [0.2, 0.25) is 0 Å². The largest absolute Gasteiger partial charge is 0.468 e. The first-order chi connectivity index (χ1) is 13.5. The van der Waals surface area contributed by atoms with Gasteiger partial charge in [0.1, 0.15) is 17.3 Å². The number of hydrogen-bond donors (Lipinski definition) is 0. The Morgan fingerprint density at radius 2 is 1.71 bits per heavy atom. The molecule has 0 unspecified atom stereocenters. The molecule has 8 heteroatoms. The van der Waals surface area contributed by atoms with Gasteiger partial charge in [-0.25, -0.2) is 4.98 Å². The molecule has 0 spiro atoms. The van der Waals surface area contributed by atoms with Crippen LogP contribution < -0.4 is 4.90 Å². The second-order valence-electron chi connectivity index (χ2n) is 7.49. The number of piperidine rings is 1. The highest BCUT2D eigenvalue weighted by Crippen LogP contribution is 2.29. The smallest absolute Gasteiger partial charge is 0.433 e. The van der Waals surface area contributed by atoms with E-state index in [-0.39, 0.29) is 0 Å². The van der Waals surface area contributed by atoms with Gasteiger partial charge in [0.2, 0.25) is 0 Å². The van der Waals surface area contributed by atoms with Crippen LogP contribution >= 0.6 is 0 Å². The Morgan fingerprint density at radius 1 is 0.964 bits per heavy atom. The van der Waals surface area contributed by atoms with E-state index in [0.29, 0.717) is 24.9 Å². The van der Waals surface area contributed by atoms with Gasteiger partial charge in [0.15, 0.2) is 0 Å². The van der Waals surface area contributed by atoms with Crippen molar-refractivity contribution in [3.05, 3.63) is 48.0 Å². The third-order valence-electron chi connectivity index (χ3n) is 5.70. The molecule has 2 fully saturated rings. The summed E-state index contributed by atoms with van der Waals surface area (Å²) in [6.45, 7) is 6.08. The minimum absolute atomic E-state index is 0.419. The van der Waals surface area contributed by atoms with E-state index in [1.807, 2.05) is 17.0 Å². The van der Waals surface area contributed by atoms with E-state index in [4.69, 9.17) is 4.42 Å². The van der Waals surface area contributed by atoms with Crippen LogP contribution in [0.1, 0.15) is 24.3 Å². The monoisotopic (exact) mass is 394 g/mol. The summed E-state index contributed by atoms with van der Waals surface area (Å²) in [4.78, 5) is 10.7. The van der Waals surface area contributed by atoms with Crippen LogP contribution in [-0.2, 0) is 12.7 Å². The number of piperazine rings is 1. The Bertz CT molecular complexity index is 749. The van der Waals surface area contributed by atoms with E-state index < -0.39 is 11.9 Å². The summed E-state index contributed by atoms with van der Waals surface area (Å²) in [6.07, 6.45) is -0.465. The second-order valence-corrected chi connectivity index (χ2v) is 7.49. The fraction of sp³-hybridized carbons (Fsp3) is 0.550. The van der Waals surface area contributed by atoms with Crippen molar-refractivity contribution in [1.82, 2.24) is 14.8 Å². The average Bonchev–Trinajstić information content (AvgIpc) is 3.21. The van der Waals surface area contributed by atoms with Crippen LogP contribution in [0.15, 0.2) is 41.0 Å². The van der Waals surface area contributed by atoms with Crippen molar-refractivity contribution in [2.75, 3.05) is 44.2 Å². The van der Waals surface area contributed by atoms with Crippen molar-refractivity contribution in [3.63, 3.8) is 0 Å². The number of aromatic nitrogens is 1. The highest BCUT2D eigenvalue weighted by Gasteiger charge is 2.33. The Morgan fingerprint density at radius 3 is 2.36 bits per heavy atom. The third kappa shape index (κ3) is 4.50. The first-order valence-electron chi connectivity index (χ1n) is 9.77. The molecule has 0 aliphatic carbocycles. The van der Waals surface area contributed by atoms with Crippen molar-refractivity contribution >= 4 is 5.82 Å². The van der Waals surface area contributed by atoms with Gasteiger partial charge >= 0.3 is 6.18 Å². The lowest BCUT2D eigenvalue weighted by Crippen LogP contribution is -2.53. The lowest BCUT2D eigenvalue weighted by atomic mass is 10.0. The Labute approximate surface area is 162 Å². The summed E-state index contributed by atoms with van der Waals surface area (Å²) in [7, 11) is 0. The maximum atomic E-state index is 12.9. The summed E-state index contributed by atoms with van der Waals surface area (Å²) in [5.74, 6) is 1.42. The topological polar surface area (TPSA) is 35.8 Å². The lowest BCUT2D eigenvalue weighted by Gasteiger charge is -2.43. The van der Waals surface area contributed by atoms with E-state index in [9.17, 15) is 13.2 Å². The Balaban J connectivity index is 1.27. The molecular weight excluding hydrogens is 369 g/mol. The van der Waals surface area contributed by atoms with E-state index in [1.165, 1.54) is 6.07 Å². The molecule has 5 nitrogen and oxygen atoms in total. The van der Waals surface area contributed by atoms with E-state index in [1.54, 1.807) is 12.3 Å². The van der Waals surface area contributed by atoms with Gasteiger partial charge in [0.25, 0.3) is 0 Å². The van der Waals surface area contributed by atoms with Crippen molar-refractivity contribution in [3.8, 4) is 0 Å². The van der Waals surface area contributed by atoms with Gasteiger partial charge in [0.05, 0.1) is 12.8 Å². The summed E-state index contributed by atoms with van der Waals surface area (Å²) in [5, 5.41) is 0. The quantitative estimate of drug-likeness (QED) is 0.794. The second kappa shape index (κ2) is 8.13. The number of furan rings is 1. The number of anilines is 1. The highest BCUT2D eigenvalue weighted by molar-refractivity contribution is 5.40. The zero-order chi connectivity index (χ0) is 19.6. The minimum Gasteiger partial charge on any atom is -0.468 e. The van der Waals surface area contributed by atoms with E-state index >= 15 is 0 Å². The molecule has 2 aliphatic heterocycles. The van der Waals surface area contributed by atoms with Gasteiger partial charge in [-0.2, -0.15) is 13.2 Å². The molecule has 28 heavy (non-hydrogen) atoms. The molecular formula is C20H25F3N4O. The predicted molar refractivity (Wildman–Crippen MR) is 100 cm³/mol. The maximum absolute atomic E-state index is 12.9. The highest BCUT2D eigenvalue weighted by atomic mass is 19.4. The molecule has 4 rings (SSSR count). The first kappa shape index (κ1) is 19.3. The summed E-state index contributed by atoms with van der Waals surface area (Å²) in [6, 6.07) is 8.60. The number of alkyl halides is 3. The molecule has 0 aromatic carbocycles. The molecule has 4 heterocycles. The van der Waals surface area contributed by atoms with Gasteiger partial charge in [-0.15, -0.1) is 0 Å². The molecule has 2 aromatic rings. The van der Waals surface area contributed by atoms with Crippen LogP contribution in [0.3, 0.4) is 0 Å². The van der Waals surface area contributed by atoms with Crippen molar-refractivity contribution in [2.24, 2.45) is 0 Å². The number of halogens is 3. The normalized spacial score (nSPS) is 20.6. The molecule has 2 saturated heterocycles. The first-order valence-corrected chi connectivity index (χ1v) is 9.77. The molecule has 0 N–H and O–H groups in total. The van der Waals surface area contributed by atoms with E-state index in [2.05, 4.69) is 14.8 Å². The minimum atomic E-state index is -4.40. The summed E-state index contributed by atoms with van der Waals surface area (Å²) < 4.78 is 44.1. The molecule has 0 saturated carbocycles. The summed E-state index contributed by atoms with van der Waals surface area (Å²) in [5.41, 5.74) is -0.823. The van der Waals surface area contributed by atoms with Gasteiger partial charge in [-0.3, -0.25) is 9.80 Å². The molecule has 0 atom stereocenters. The molecule has 0 radical (unpaired) electrons. The van der Waals surface area contributed by atoms with Crippen molar-refractivity contribution in [1.29, 1.82) is 0 Å². The molecule has 2 aromatic heterocycles. The third-order valence-corrected chi connectivity index (χ3v) is 5.70. The lowest BCUT2D eigenvalue weighted by molar-refractivity contribution is -0.141. The van der Waals surface area contributed by atoms with Crippen LogP contribution in [0.5, 0.6) is 0 Å². The van der Waals surface area contributed by atoms with Gasteiger partial charge < -0.3 is 9.32 Å². The number of hydrogen-bond acceptors (Lipinski definition) is 5. The Kier molecular flexibility index (Phi) is 5.59. The Hall–Kier alpha value is -2.06. The fourth-order valence-corrected chi connectivity index (χ4v) is 4.14. The van der Waals surface area contributed by atoms with Crippen LogP contribution in [0, 0.1) is 0 Å². The van der Waals surface area contributed by atoms with Crippen molar-refractivity contribution in [2.45, 2.75) is 31.6 Å². The maximum Gasteiger partial charge on any atom is 0.433 e. The van der Waals surface area contributed by atoms with Gasteiger partial charge in [-0.1, -0.05) is 6.07 Å². The number of likely N-dealkylation sites (tertiary alicyclic amines) is 1. The van der Waals surface area contributed by atoms with Crippen molar-refractivity contribution < 1.29 is 17.6 Å².